The summed E-state index contributed by atoms with van der Waals surface area (Å²) in [6, 6.07) is 4.35. The summed E-state index contributed by atoms with van der Waals surface area (Å²) >= 11 is 1.87. The molecule has 0 aromatic carbocycles. The van der Waals surface area contributed by atoms with E-state index in [1.807, 2.05) is 11.3 Å². The fraction of sp³-hybridized carbons (Fsp3) is 0.400. The van der Waals surface area contributed by atoms with Crippen LogP contribution >= 0.6 is 11.3 Å². The van der Waals surface area contributed by atoms with Crippen molar-refractivity contribution in [3.63, 3.8) is 0 Å². The highest BCUT2D eigenvalue weighted by Crippen LogP contribution is 2.30. The first-order valence-electron chi connectivity index (χ1n) is 6.66. The molecule has 0 amide bonds. The van der Waals surface area contributed by atoms with Crippen molar-refractivity contribution in [1.29, 1.82) is 0 Å². The van der Waals surface area contributed by atoms with E-state index < -0.39 is 0 Å². The van der Waals surface area contributed by atoms with Crippen molar-refractivity contribution in [2.75, 3.05) is 11.4 Å². The lowest BCUT2D eigenvalue weighted by Gasteiger charge is -2.30. The van der Waals surface area contributed by atoms with E-state index in [0.717, 1.165) is 31.0 Å². The van der Waals surface area contributed by atoms with Gasteiger partial charge in [0.15, 0.2) is 0 Å². The van der Waals surface area contributed by atoms with Gasteiger partial charge in [-0.25, -0.2) is 4.98 Å². The van der Waals surface area contributed by atoms with Crippen molar-refractivity contribution < 1.29 is 0 Å². The number of thiophene rings is 1. The van der Waals surface area contributed by atoms with Crippen LogP contribution < -0.4 is 10.6 Å². The highest BCUT2D eigenvalue weighted by Gasteiger charge is 2.21. The second kappa shape index (κ2) is 4.94. The van der Waals surface area contributed by atoms with Crippen LogP contribution in [0.1, 0.15) is 27.3 Å². The van der Waals surface area contributed by atoms with Crippen LogP contribution in [0.2, 0.25) is 0 Å². The van der Waals surface area contributed by atoms with E-state index in [9.17, 15) is 0 Å². The average molecular weight is 273 g/mol. The van der Waals surface area contributed by atoms with Crippen molar-refractivity contribution in [3.8, 4) is 0 Å². The molecule has 1 aliphatic heterocycles. The van der Waals surface area contributed by atoms with E-state index >= 15 is 0 Å². The minimum atomic E-state index is 0.557. The summed E-state index contributed by atoms with van der Waals surface area (Å²) in [6.45, 7) is 6.73. The van der Waals surface area contributed by atoms with Crippen molar-refractivity contribution >= 4 is 17.2 Å². The third-order valence-electron chi connectivity index (χ3n) is 3.76. The smallest absolute Gasteiger partial charge is 0.133 e. The molecule has 19 heavy (non-hydrogen) atoms. The van der Waals surface area contributed by atoms with Gasteiger partial charge < -0.3 is 10.6 Å². The molecule has 3 nitrogen and oxygen atoms in total. The third-order valence-corrected chi connectivity index (χ3v) is 4.79. The molecule has 3 rings (SSSR count). The Hall–Kier alpha value is -1.39. The third kappa shape index (κ3) is 2.26. The summed E-state index contributed by atoms with van der Waals surface area (Å²) in [4.78, 5) is 8.63. The van der Waals surface area contributed by atoms with E-state index in [2.05, 4.69) is 36.3 Å². The van der Waals surface area contributed by atoms with E-state index in [1.165, 1.54) is 21.6 Å². The molecule has 0 atom stereocenters. The Balaban J connectivity index is 1.99. The van der Waals surface area contributed by atoms with Crippen LogP contribution in [0.15, 0.2) is 17.5 Å². The molecule has 0 radical (unpaired) electrons. The van der Waals surface area contributed by atoms with Crippen LogP contribution in [0.5, 0.6) is 0 Å². The fourth-order valence-corrected chi connectivity index (χ4v) is 3.68. The van der Waals surface area contributed by atoms with Crippen molar-refractivity contribution in [3.05, 3.63) is 44.8 Å². The first-order valence-corrected chi connectivity index (χ1v) is 7.54. The summed E-state index contributed by atoms with van der Waals surface area (Å²) in [5.41, 5.74) is 10.9. The topological polar surface area (TPSA) is 42.1 Å². The predicted molar refractivity (Wildman–Crippen MR) is 80.7 cm³/mol. The Morgan fingerprint density at radius 3 is 3.05 bits per heavy atom. The van der Waals surface area contributed by atoms with Crippen molar-refractivity contribution in [2.24, 2.45) is 5.73 Å². The number of nitrogens with zero attached hydrogens (tertiary/aromatic N) is 2. The molecule has 2 N–H and O–H groups in total. The maximum Gasteiger partial charge on any atom is 0.133 e. The molecule has 0 saturated carbocycles. The molecular weight excluding hydrogens is 254 g/mol. The van der Waals surface area contributed by atoms with Gasteiger partial charge in [0.2, 0.25) is 0 Å². The standard InChI is InChI=1S/C15H19N3S/c1-10-7-11(2)17-15(13(10)8-16)18-5-3-14-12(9-18)4-6-19-14/h4,6-7H,3,5,8-9,16H2,1-2H3. The Kier molecular flexibility index (Phi) is 3.29. The van der Waals surface area contributed by atoms with Gasteiger partial charge in [0, 0.05) is 35.8 Å². The van der Waals surface area contributed by atoms with Gasteiger partial charge in [0.05, 0.1) is 0 Å². The Bertz CT molecular complexity index is 603. The highest BCUT2D eigenvalue weighted by molar-refractivity contribution is 7.10. The molecule has 0 unspecified atom stereocenters. The van der Waals surface area contributed by atoms with Crippen molar-refractivity contribution in [1.82, 2.24) is 4.98 Å². The predicted octanol–water partition coefficient (Wildman–Crippen LogP) is 2.78. The molecule has 1 aliphatic rings. The number of nitrogens with two attached hydrogens (primary N) is 1. The minimum Gasteiger partial charge on any atom is -0.352 e. The molecule has 0 spiro atoms. The molecule has 100 valence electrons. The number of hydrogen-bond acceptors (Lipinski definition) is 4. The maximum absolute atomic E-state index is 5.92. The van der Waals surface area contributed by atoms with E-state index in [4.69, 9.17) is 10.7 Å². The van der Waals surface area contributed by atoms with E-state index in [1.54, 1.807) is 0 Å². The van der Waals surface area contributed by atoms with Crippen LogP contribution in [0.4, 0.5) is 5.82 Å². The number of hydrogen-bond donors (Lipinski definition) is 1. The zero-order valence-corrected chi connectivity index (χ0v) is 12.3. The van der Waals surface area contributed by atoms with Crippen LogP contribution in [0.25, 0.3) is 0 Å². The van der Waals surface area contributed by atoms with Crippen LogP contribution in [-0.4, -0.2) is 11.5 Å². The molecule has 0 fully saturated rings. The molecule has 0 aliphatic carbocycles. The first-order chi connectivity index (χ1) is 9.19. The minimum absolute atomic E-state index is 0.557. The van der Waals surface area contributed by atoms with E-state index in [0.29, 0.717) is 6.54 Å². The van der Waals surface area contributed by atoms with Gasteiger partial charge in [-0.2, -0.15) is 0 Å². The Morgan fingerprint density at radius 2 is 2.26 bits per heavy atom. The molecule has 2 aromatic rings. The average Bonchev–Trinajstić information content (AvgIpc) is 2.85. The second-order valence-electron chi connectivity index (χ2n) is 5.13. The molecule has 0 saturated heterocycles. The molecule has 0 bridgehead atoms. The zero-order valence-electron chi connectivity index (χ0n) is 11.4. The number of pyridine rings is 1. The van der Waals surface area contributed by atoms with Gasteiger partial charge in [-0.15, -0.1) is 11.3 Å². The lowest BCUT2D eigenvalue weighted by molar-refractivity contribution is 0.722. The van der Waals surface area contributed by atoms with E-state index in [-0.39, 0.29) is 0 Å². The Labute approximate surface area is 118 Å². The highest BCUT2D eigenvalue weighted by atomic mass is 32.1. The van der Waals surface area contributed by atoms with Crippen LogP contribution in [0.3, 0.4) is 0 Å². The molecular formula is C15H19N3S. The van der Waals surface area contributed by atoms with Crippen LogP contribution in [-0.2, 0) is 19.5 Å². The SMILES string of the molecule is Cc1cc(C)c(CN)c(N2CCc3sccc3C2)n1. The molecule has 4 heteroatoms. The summed E-state index contributed by atoms with van der Waals surface area (Å²) in [7, 11) is 0. The van der Waals surface area contributed by atoms with Gasteiger partial charge in [-0.3, -0.25) is 0 Å². The molecule has 3 heterocycles. The first kappa shape index (κ1) is 12.6. The fourth-order valence-electron chi connectivity index (χ4n) is 2.79. The normalized spacial score (nSPS) is 14.6. The largest absolute Gasteiger partial charge is 0.352 e. The number of rotatable bonds is 2. The lowest BCUT2D eigenvalue weighted by Crippen LogP contribution is -2.31. The summed E-state index contributed by atoms with van der Waals surface area (Å²) < 4.78 is 0. The second-order valence-corrected chi connectivity index (χ2v) is 6.13. The molecule has 2 aromatic heterocycles. The maximum atomic E-state index is 5.92. The monoisotopic (exact) mass is 273 g/mol. The number of anilines is 1. The van der Waals surface area contributed by atoms with Gasteiger partial charge in [-0.1, -0.05) is 0 Å². The zero-order chi connectivity index (χ0) is 13.4. The number of aryl methyl sites for hydroxylation is 2. The number of aromatic nitrogens is 1. The Morgan fingerprint density at radius 1 is 1.42 bits per heavy atom. The lowest BCUT2D eigenvalue weighted by atomic mass is 10.1. The van der Waals surface area contributed by atoms with Gasteiger partial charge in [-0.05, 0) is 48.9 Å². The van der Waals surface area contributed by atoms with Crippen molar-refractivity contribution in [2.45, 2.75) is 33.4 Å². The van der Waals surface area contributed by atoms with Gasteiger partial charge in [0.1, 0.15) is 5.82 Å². The van der Waals surface area contributed by atoms with Gasteiger partial charge >= 0.3 is 0 Å². The summed E-state index contributed by atoms with van der Waals surface area (Å²) in [5.74, 6) is 1.08. The summed E-state index contributed by atoms with van der Waals surface area (Å²) in [6.07, 6.45) is 1.12. The van der Waals surface area contributed by atoms with Gasteiger partial charge in [0.25, 0.3) is 0 Å². The van der Waals surface area contributed by atoms with Crippen LogP contribution in [0, 0.1) is 13.8 Å². The summed E-state index contributed by atoms with van der Waals surface area (Å²) in [5, 5.41) is 2.19. The quantitative estimate of drug-likeness (QED) is 0.915. The number of fused-ring (bicyclic) bond motifs is 1.